The maximum atomic E-state index is 13.8. The topological polar surface area (TPSA) is 20.2 Å². The van der Waals surface area contributed by atoms with Gasteiger partial charge in [-0.05, 0) is 18.2 Å². The lowest BCUT2D eigenvalue weighted by Crippen LogP contribution is -2.03. The Hall–Kier alpha value is -0.800. The Kier molecular flexibility index (Phi) is 4.13. The van der Waals surface area contributed by atoms with Gasteiger partial charge in [0.15, 0.2) is 0 Å². The van der Waals surface area contributed by atoms with Gasteiger partial charge in [-0.3, -0.25) is 0 Å². The lowest BCUT2D eigenvalue weighted by molar-refractivity contribution is 0.215. The van der Waals surface area contributed by atoms with Crippen molar-refractivity contribution < 1.29 is 9.50 Å². The van der Waals surface area contributed by atoms with E-state index in [-0.39, 0.29) is 15.6 Å². The molecule has 0 saturated carbocycles. The summed E-state index contributed by atoms with van der Waals surface area (Å²) in [6.07, 6.45) is -1.19. The summed E-state index contributed by atoms with van der Waals surface area (Å²) in [5.41, 5.74) is 0.453. The van der Waals surface area contributed by atoms with Gasteiger partial charge in [-0.2, -0.15) is 0 Å². The van der Waals surface area contributed by atoms with Crippen molar-refractivity contribution in [3.8, 4) is 0 Å². The highest BCUT2D eigenvalue weighted by atomic mass is 35.5. The van der Waals surface area contributed by atoms with Crippen LogP contribution in [0.15, 0.2) is 36.4 Å². The molecule has 0 radical (unpaired) electrons. The van der Waals surface area contributed by atoms with Crippen LogP contribution in [0.2, 0.25) is 15.1 Å². The summed E-state index contributed by atoms with van der Waals surface area (Å²) < 4.78 is 13.8. The fraction of sp³-hybridized carbons (Fsp3) is 0.0769. The van der Waals surface area contributed by atoms with Gasteiger partial charge in [-0.25, -0.2) is 4.39 Å². The molecule has 5 heteroatoms. The van der Waals surface area contributed by atoms with Gasteiger partial charge in [0.2, 0.25) is 0 Å². The lowest BCUT2D eigenvalue weighted by atomic mass is 10.0. The van der Waals surface area contributed by atoms with Gasteiger partial charge >= 0.3 is 0 Å². The fourth-order valence-electron chi connectivity index (χ4n) is 1.62. The quantitative estimate of drug-likeness (QED) is 0.839. The van der Waals surface area contributed by atoms with Crippen LogP contribution in [0.4, 0.5) is 4.39 Å². The van der Waals surface area contributed by atoms with Gasteiger partial charge in [0, 0.05) is 21.2 Å². The normalized spacial score (nSPS) is 12.5. The zero-order chi connectivity index (χ0) is 13.3. The van der Waals surface area contributed by atoms with Crippen molar-refractivity contribution in [2.24, 2.45) is 0 Å². The van der Waals surface area contributed by atoms with Crippen molar-refractivity contribution in [3.05, 3.63) is 68.4 Å². The molecule has 1 unspecified atom stereocenters. The largest absolute Gasteiger partial charge is 0.383 e. The van der Waals surface area contributed by atoms with Crippen molar-refractivity contribution in [1.29, 1.82) is 0 Å². The molecule has 0 aliphatic heterocycles. The molecule has 2 rings (SSSR count). The number of rotatable bonds is 2. The Morgan fingerprint density at radius 1 is 0.944 bits per heavy atom. The molecule has 0 bridgehead atoms. The average Bonchev–Trinajstić information content (AvgIpc) is 2.32. The number of hydrogen-bond acceptors (Lipinski definition) is 1. The van der Waals surface area contributed by atoms with Crippen LogP contribution in [-0.4, -0.2) is 5.11 Å². The van der Waals surface area contributed by atoms with Gasteiger partial charge in [-0.15, -0.1) is 0 Å². The molecular formula is C13H8Cl3FO. The van der Waals surface area contributed by atoms with E-state index in [1.807, 2.05) is 0 Å². The zero-order valence-corrected chi connectivity index (χ0v) is 11.3. The monoisotopic (exact) mass is 304 g/mol. The predicted molar refractivity (Wildman–Crippen MR) is 71.9 cm³/mol. The van der Waals surface area contributed by atoms with E-state index >= 15 is 0 Å². The maximum absolute atomic E-state index is 13.8. The molecule has 1 N–H and O–H groups in total. The first-order valence-electron chi connectivity index (χ1n) is 5.07. The molecule has 0 aliphatic rings. The molecular weight excluding hydrogens is 297 g/mol. The second kappa shape index (κ2) is 5.45. The van der Waals surface area contributed by atoms with E-state index < -0.39 is 11.9 Å². The van der Waals surface area contributed by atoms with Gasteiger partial charge in [0.05, 0.1) is 5.02 Å². The first-order chi connectivity index (χ1) is 8.50. The molecule has 0 aliphatic carbocycles. The molecule has 0 heterocycles. The first kappa shape index (κ1) is 13.6. The van der Waals surface area contributed by atoms with Crippen molar-refractivity contribution in [2.75, 3.05) is 0 Å². The molecule has 0 saturated heterocycles. The average molecular weight is 306 g/mol. The highest BCUT2D eigenvalue weighted by Crippen LogP contribution is 2.33. The van der Waals surface area contributed by atoms with Crippen LogP contribution in [0.1, 0.15) is 17.2 Å². The lowest BCUT2D eigenvalue weighted by Gasteiger charge is -2.14. The third-order valence-corrected chi connectivity index (χ3v) is 3.39. The third-order valence-electron chi connectivity index (χ3n) is 2.53. The van der Waals surface area contributed by atoms with Crippen molar-refractivity contribution in [1.82, 2.24) is 0 Å². The maximum Gasteiger partial charge on any atom is 0.147 e. The molecule has 1 atom stereocenters. The number of aliphatic hydroxyl groups excluding tert-OH is 1. The summed E-state index contributed by atoms with van der Waals surface area (Å²) in [6, 6.07) is 9.05. The molecule has 0 fully saturated rings. The van der Waals surface area contributed by atoms with E-state index in [1.165, 1.54) is 18.2 Å². The Morgan fingerprint density at radius 2 is 1.67 bits per heavy atom. The van der Waals surface area contributed by atoms with Crippen molar-refractivity contribution in [3.63, 3.8) is 0 Å². The first-order valence-corrected chi connectivity index (χ1v) is 6.21. The van der Waals surface area contributed by atoms with Crippen LogP contribution in [0.25, 0.3) is 0 Å². The summed E-state index contributed by atoms with van der Waals surface area (Å²) in [5, 5.41) is 10.8. The second-order valence-electron chi connectivity index (χ2n) is 3.71. The molecule has 94 valence electrons. The van der Waals surface area contributed by atoms with E-state index in [0.717, 1.165) is 0 Å². The summed E-state index contributed by atoms with van der Waals surface area (Å²) in [5.74, 6) is -0.655. The molecule has 2 aromatic rings. The highest BCUT2D eigenvalue weighted by Gasteiger charge is 2.19. The van der Waals surface area contributed by atoms with Gasteiger partial charge in [-0.1, -0.05) is 53.0 Å². The Morgan fingerprint density at radius 3 is 2.33 bits per heavy atom. The van der Waals surface area contributed by atoms with Crippen molar-refractivity contribution >= 4 is 34.8 Å². The molecule has 0 aromatic heterocycles. The van der Waals surface area contributed by atoms with Crippen LogP contribution >= 0.6 is 34.8 Å². The highest BCUT2D eigenvalue weighted by molar-refractivity contribution is 6.35. The summed E-state index contributed by atoms with van der Waals surface area (Å²) in [6.45, 7) is 0. The van der Waals surface area contributed by atoms with E-state index in [1.54, 1.807) is 18.2 Å². The zero-order valence-electron chi connectivity index (χ0n) is 9.00. The minimum Gasteiger partial charge on any atom is -0.383 e. The second-order valence-corrected chi connectivity index (χ2v) is 4.96. The smallest absolute Gasteiger partial charge is 0.147 e. The Balaban J connectivity index is 2.48. The van der Waals surface area contributed by atoms with Crippen LogP contribution < -0.4 is 0 Å². The van der Waals surface area contributed by atoms with E-state index in [2.05, 4.69) is 0 Å². The molecule has 18 heavy (non-hydrogen) atoms. The minimum absolute atomic E-state index is 0.0448. The van der Waals surface area contributed by atoms with Crippen LogP contribution in [0.3, 0.4) is 0 Å². The standard InChI is InChI=1S/C13H8Cl3FO/c14-7-4-5-8(11(16)6-7)13(18)9-2-1-3-10(15)12(9)17/h1-6,13,18H. The van der Waals surface area contributed by atoms with Gasteiger partial charge in [0.25, 0.3) is 0 Å². The van der Waals surface area contributed by atoms with Crippen LogP contribution in [0.5, 0.6) is 0 Å². The number of hydrogen-bond donors (Lipinski definition) is 1. The molecule has 2 aromatic carbocycles. The molecule has 0 spiro atoms. The predicted octanol–water partition coefficient (Wildman–Crippen LogP) is 4.87. The van der Waals surface area contributed by atoms with Crippen molar-refractivity contribution in [2.45, 2.75) is 6.10 Å². The fourth-order valence-corrected chi connectivity index (χ4v) is 2.32. The van der Waals surface area contributed by atoms with E-state index in [0.29, 0.717) is 10.6 Å². The Bertz CT molecular complexity index is 586. The third kappa shape index (κ3) is 2.62. The molecule has 0 amide bonds. The Labute approximate surface area is 119 Å². The summed E-state index contributed by atoms with van der Waals surface area (Å²) in [7, 11) is 0. The molecule has 1 nitrogen and oxygen atoms in total. The van der Waals surface area contributed by atoms with Gasteiger partial charge in [0.1, 0.15) is 11.9 Å². The number of halogens is 4. The summed E-state index contributed by atoms with van der Waals surface area (Å²) >= 11 is 17.4. The SMILES string of the molecule is OC(c1ccc(Cl)cc1Cl)c1cccc(Cl)c1F. The summed E-state index contributed by atoms with van der Waals surface area (Å²) in [4.78, 5) is 0. The van der Waals surface area contributed by atoms with E-state index in [4.69, 9.17) is 34.8 Å². The number of benzene rings is 2. The van der Waals surface area contributed by atoms with Crippen LogP contribution in [-0.2, 0) is 0 Å². The van der Waals surface area contributed by atoms with Crippen LogP contribution in [0, 0.1) is 5.82 Å². The minimum atomic E-state index is -1.19. The van der Waals surface area contributed by atoms with Gasteiger partial charge < -0.3 is 5.11 Å². The number of aliphatic hydroxyl groups is 1. The van der Waals surface area contributed by atoms with E-state index in [9.17, 15) is 9.50 Å².